The highest BCUT2D eigenvalue weighted by molar-refractivity contribution is 6.33. The number of hydrogen-bond acceptors (Lipinski definition) is 3. The van der Waals surface area contributed by atoms with E-state index >= 15 is 0 Å². The zero-order valence-electron chi connectivity index (χ0n) is 7.50. The maximum atomic E-state index is 8.96. The van der Waals surface area contributed by atoms with Gasteiger partial charge in [-0.15, -0.1) is 0 Å². The average Bonchev–Trinajstić information content (AvgIpc) is 2.17. The first-order valence-corrected chi connectivity index (χ1v) is 4.12. The maximum Gasteiger partial charge on any atom is 0.146 e. The highest BCUT2D eigenvalue weighted by Crippen LogP contribution is 2.36. The molecule has 0 unspecified atom stereocenters. The van der Waals surface area contributed by atoms with E-state index in [1.165, 1.54) is 14.2 Å². The SMILES string of the molecule is COc1ccc(CO)c(OC)c1Cl. The summed E-state index contributed by atoms with van der Waals surface area (Å²) in [5.41, 5.74) is 0.647. The molecule has 0 aliphatic heterocycles. The molecule has 0 heterocycles. The molecule has 1 rings (SSSR count). The summed E-state index contributed by atoms with van der Waals surface area (Å²) in [4.78, 5) is 0. The lowest BCUT2D eigenvalue weighted by Crippen LogP contribution is -1.95. The van der Waals surface area contributed by atoms with Crippen LogP contribution in [0.4, 0.5) is 0 Å². The molecule has 3 nitrogen and oxygen atoms in total. The summed E-state index contributed by atoms with van der Waals surface area (Å²) in [6.45, 7) is -0.104. The van der Waals surface area contributed by atoms with Crippen LogP contribution in [0.15, 0.2) is 12.1 Å². The minimum Gasteiger partial charge on any atom is -0.495 e. The van der Waals surface area contributed by atoms with Gasteiger partial charge >= 0.3 is 0 Å². The molecule has 0 aliphatic carbocycles. The van der Waals surface area contributed by atoms with E-state index in [1.807, 2.05) is 0 Å². The summed E-state index contributed by atoms with van der Waals surface area (Å²) < 4.78 is 10.0. The van der Waals surface area contributed by atoms with Crippen LogP contribution in [0, 0.1) is 0 Å². The molecule has 0 aromatic heterocycles. The minimum absolute atomic E-state index is 0.104. The summed E-state index contributed by atoms with van der Waals surface area (Å²) >= 11 is 5.93. The standard InChI is InChI=1S/C9H11ClO3/c1-12-7-4-3-6(5-11)9(13-2)8(7)10/h3-4,11H,5H2,1-2H3. The van der Waals surface area contributed by atoms with E-state index < -0.39 is 0 Å². The normalized spacial score (nSPS) is 9.85. The number of rotatable bonds is 3. The van der Waals surface area contributed by atoms with Gasteiger partial charge in [-0.1, -0.05) is 11.6 Å². The first-order valence-electron chi connectivity index (χ1n) is 3.74. The van der Waals surface area contributed by atoms with Gasteiger partial charge in [-0.3, -0.25) is 0 Å². The fourth-order valence-corrected chi connectivity index (χ4v) is 1.42. The van der Waals surface area contributed by atoms with Crippen LogP contribution >= 0.6 is 11.6 Å². The predicted molar refractivity (Wildman–Crippen MR) is 50.5 cm³/mol. The van der Waals surface area contributed by atoms with Gasteiger partial charge in [0.1, 0.15) is 16.5 Å². The topological polar surface area (TPSA) is 38.7 Å². The summed E-state index contributed by atoms with van der Waals surface area (Å²) in [7, 11) is 3.03. The fraction of sp³-hybridized carbons (Fsp3) is 0.333. The molecule has 0 saturated heterocycles. The van der Waals surface area contributed by atoms with E-state index in [4.69, 9.17) is 26.2 Å². The molecular weight excluding hydrogens is 192 g/mol. The van der Waals surface area contributed by atoms with E-state index in [-0.39, 0.29) is 6.61 Å². The Balaban J connectivity index is 3.23. The van der Waals surface area contributed by atoms with E-state index in [0.717, 1.165) is 0 Å². The van der Waals surface area contributed by atoms with Crippen molar-refractivity contribution in [2.45, 2.75) is 6.61 Å². The van der Waals surface area contributed by atoms with E-state index in [2.05, 4.69) is 0 Å². The molecule has 0 spiro atoms. The first kappa shape index (κ1) is 10.2. The van der Waals surface area contributed by atoms with E-state index in [1.54, 1.807) is 12.1 Å². The molecule has 0 bridgehead atoms. The lowest BCUT2D eigenvalue weighted by Gasteiger charge is -2.11. The fourth-order valence-electron chi connectivity index (χ4n) is 1.08. The second-order valence-electron chi connectivity index (χ2n) is 2.43. The van der Waals surface area contributed by atoms with Crippen molar-refractivity contribution in [3.05, 3.63) is 22.7 Å². The molecule has 1 aromatic rings. The number of aliphatic hydroxyl groups is 1. The van der Waals surface area contributed by atoms with Crippen LogP contribution in [0.2, 0.25) is 5.02 Å². The van der Waals surface area contributed by atoms with Crippen LogP contribution in [-0.2, 0) is 6.61 Å². The molecule has 1 N–H and O–H groups in total. The Labute approximate surface area is 81.9 Å². The van der Waals surface area contributed by atoms with Crippen molar-refractivity contribution in [1.82, 2.24) is 0 Å². The zero-order valence-corrected chi connectivity index (χ0v) is 8.26. The third kappa shape index (κ3) is 1.87. The zero-order chi connectivity index (χ0) is 9.84. The molecule has 0 atom stereocenters. The summed E-state index contributed by atoms with van der Waals surface area (Å²) in [6.07, 6.45) is 0. The predicted octanol–water partition coefficient (Wildman–Crippen LogP) is 1.85. The molecule has 0 amide bonds. The second-order valence-corrected chi connectivity index (χ2v) is 2.81. The van der Waals surface area contributed by atoms with Gasteiger partial charge in [0.25, 0.3) is 0 Å². The molecule has 1 aromatic carbocycles. The molecule has 0 saturated carbocycles. The summed E-state index contributed by atoms with van der Waals surface area (Å²) in [5, 5.41) is 9.34. The van der Waals surface area contributed by atoms with Crippen LogP contribution in [0.3, 0.4) is 0 Å². The Bertz CT molecular complexity index is 299. The molecule has 4 heteroatoms. The number of hydrogen-bond donors (Lipinski definition) is 1. The van der Waals surface area contributed by atoms with Crippen LogP contribution in [0.25, 0.3) is 0 Å². The van der Waals surface area contributed by atoms with Gasteiger partial charge in [-0.05, 0) is 12.1 Å². The van der Waals surface area contributed by atoms with Gasteiger partial charge in [-0.2, -0.15) is 0 Å². The third-order valence-electron chi connectivity index (χ3n) is 1.74. The van der Waals surface area contributed by atoms with Gasteiger partial charge in [0.2, 0.25) is 0 Å². The van der Waals surface area contributed by atoms with Crippen LogP contribution in [-0.4, -0.2) is 19.3 Å². The Morgan fingerprint density at radius 2 is 2.00 bits per heavy atom. The molecule has 0 radical (unpaired) electrons. The van der Waals surface area contributed by atoms with Gasteiger partial charge in [-0.25, -0.2) is 0 Å². The average molecular weight is 203 g/mol. The van der Waals surface area contributed by atoms with Crippen molar-refractivity contribution in [2.24, 2.45) is 0 Å². The van der Waals surface area contributed by atoms with Crippen molar-refractivity contribution in [3.8, 4) is 11.5 Å². The number of aliphatic hydroxyl groups excluding tert-OH is 1. The molecule has 0 fully saturated rings. The lowest BCUT2D eigenvalue weighted by molar-refractivity contribution is 0.273. The van der Waals surface area contributed by atoms with Gasteiger partial charge in [0.05, 0.1) is 20.8 Å². The number of benzene rings is 1. The highest BCUT2D eigenvalue weighted by atomic mass is 35.5. The van der Waals surface area contributed by atoms with Crippen molar-refractivity contribution in [2.75, 3.05) is 14.2 Å². The maximum absolute atomic E-state index is 8.96. The minimum atomic E-state index is -0.104. The van der Waals surface area contributed by atoms with Crippen molar-refractivity contribution in [3.63, 3.8) is 0 Å². The second kappa shape index (κ2) is 4.35. The highest BCUT2D eigenvalue weighted by Gasteiger charge is 2.11. The summed E-state index contributed by atoms with van der Waals surface area (Å²) in [5.74, 6) is 0.999. The van der Waals surface area contributed by atoms with E-state index in [0.29, 0.717) is 22.1 Å². The van der Waals surface area contributed by atoms with Gasteiger partial charge in [0.15, 0.2) is 0 Å². The number of methoxy groups -OCH3 is 2. The quantitative estimate of drug-likeness (QED) is 0.813. The van der Waals surface area contributed by atoms with Crippen LogP contribution < -0.4 is 9.47 Å². The first-order chi connectivity index (χ1) is 6.24. The molecule has 13 heavy (non-hydrogen) atoms. The van der Waals surface area contributed by atoms with Gasteiger partial charge < -0.3 is 14.6 Å². The molecule has 0 aliphatic rings. The van der Waals surface area contributed by atoms with E-state index in [9.17, 15) is 0 Å². The Hall–Kier alpha value is -0.930. The van der Waals surface area contributed by atoms with Crippen LogP contribution in [0.1, 0.15) is 5.56 Å². The van der Waals surface area contributed by atoms with Crippen molar-refractivity contribution in [1.29, 1.82) is 0 Å². The summed E-state index contributed by atoms with van der Waals surface area (Å²) in [6, 6.07) is 3.40. The lowest BCUT2D eigenvalue weighted by atomic mass is 10.2. The van der Waals surface area contributed by atoms with Crippen molar-refractivity contribution >= 4 is 11.6 Å². The molecular formula is C9H11ClO3. The molecule has 72 valence electrons. The third-order valence-corrected chi connectivity index (χ3v) is 2.10. The number of ether oxygens (including phenoxy) is 2. The smallest absolute Gasteiger partial charge is 0.146 e. The van der Waals surface area contributed by atoms with Gasteiger partial charge in [0, 0.05) is 5.56 Å². The Morgan fingerprint density at radius 1 is 1.31 bits per heavy atom. The number of halogens is 1. The monoisotopic (exact) mass is 202 g/mol. The van der Waals surface area contributed by atoms with Crippen LogP contribution in [0.5, 0.6) is 11.5 Å². The van der Waals surface area contributed by atoms with Crippen molar-refractivity contribution < 1.29 is 14.6 Å². The largest absolute Gasteiger partial charge is 0.495 e. The Kier molecular flexibility index (Phi) is 3.39. The Morgan fingerprint density at radius 3 is 2.46 bits per heavy atom.